The van der Waals surface area contributed by atoms with E-state index in [0.29, 0.717) is 12.0 Å². The summed E-state index contributed by atoms with van der Waals surface area (Å²) in [6.45, 7) is 5.26. The third-order valence-corrected chi connectivity index (χ3v) is 2.85. The van der Waals surface area contributed by atoms with Gasteiger partial charge in [0, 0.05) is 24.7 Å². The van der Waals surface area contributed by atoms with Crippen molar-refractivity contribution in [1.82, 2.24) is 4.90 Å². The molecule has 0 saturated carbocycles. The van der Waals surface area contributed by atoms with Crippen molar-refractivity contribution in [3.63, 3.8) is 0 Å². The summed E-state index contributed by atoms with van der Waals surface area (Å²) >= 11 is 0. The largest absolute Gasteiger partial charge is 0.302 e. The maximum atomic E-state index is 13.4. The summed E-state index contributed by atoms with van der Waals surface area (Å²) in [5.74, 6) is -2.34. The molecule has 0 unspecified atom stereocenters. The second kappa shape index (κ2) is 6.05. The van der Waals surface area contributed by atoms with Crippen molar-refractivity contribution in [2.75, 3.05) is 13.6 Å². The van der Waals surface area contributed by atoms with Gasteiger partial charge in [0.1, 0.15) is 5.82 Å². The van der Waals surface area contributed by atoms with Crippen molar-refractivity contribution in [3.8, 4) is 0 Å². The molecule has 1 nitrogen and oxygen atoms in total. The fourth-order valence-corrected chi connectivity index (χ4v) is 1.70. The van der Waals surface area contributed by atoms with E-state index in [4.69, 9.17) is 0 Å². The molecule has 0 bridgehead atoms. The van der Waals surface area contributed by atoms with Gasteiger partial charge in [-0.05, 0) is 19.0 Å². The van der Waals surface area contributed by atoms with Gasteiger partial charge in [0.2, 0.25) is 0 Å². The molecule has 1 aromatic rings. The highest BCUT2D eigenvalue weighted by molar-refractivity contribution is 5.19. The summed E-state index contributed by atoms with van der Waals surface area (Å²) in [5, 5.41) is 0. The van der Waals surface area contributed by atoms with Crippen molar-refractivity contribution in [3.05, 3.63) is 35.1 Å². The van der Waals surface area contributed by atoms with Crippen LogP contribution in [0.1, 0.15) is 25.8 Å². The van der Waals surface area contributed by atoms with Crippen LogP contribution in [0.4, 0.5) is 13.2 Å². The minimum absolute atomic E-state index is 0.190. The molecule has 1 rings (SSSR count). The highest BCUT2D eigenvalue weighted by Gasteiger charge is 2.12. The van der Waals surface area contributed by atoms with Gasteiger partial charge in [0.25, 0.3) is 0 Å². The Labute approximate surface area is 100 Å². The SMILES string of the molecule is CC[C@@H](C)CN(C)Cc1cc(F)c(F)cc1F. The summed E-state index contributed by atoms with van der Waals surface area (Å²) in [6.07, 6.45) is 1.03. The molecule has 17 heavy (non-hydrogen) atoms. The van der Waals surface area contributed by atoms with Crippen LogP contribution in [0.15, 0.2) is 12.1 Å². The smallest absolute Gasteiger partial charge is 0.161 e. The van der Waals surface area contributed by atoms with Gasteiger partial charge < -0.3 is 4.90 Å². The minimum Gasteiger partial charge on any atom is -0.302 e. The second-order valence-corrected chi connectivity index (χ2v) is 4.57. The van der Waals surface area contributed by atoms with E-state index in [1.807, 2.05) is 11.9 Å². The van der Waals surface area contributed by atoms with E-state index in [1.165, 1.54) is 0 Å². The Kier molecular flexibility index (Phi) is 5.00. The van der Waals surface area contributed by atoms with E-state index in [-0.39, 0.29) is 12.1 Å². The maximum Gasteiger partial charge on any atom is 0.161 e. The quantitative estimate of drug-likeness (QED) is 0.717. The highest BCUT2D eigenvalue weighted by atomic mass is 19.2. The van der Waals surface area contributed by atoms with Crippen molar-refractivity contribution >= 4 is 0 Å². The molecule has 0 amide bonds. The van der Waals surface area contributed by atoms with Crippen molar-refractivity contribution in [1.29, 1.82) is 0 Å². The zero-order chi connectivity index (χ0) is 13.0. The fourth-order valence-electron chi connectivity index (χ4n) is 1.70. The minimum atomic E-state index is -1.14. The van der Waals surface area contributed by atoms with Gasteiger partial charge in [-0.25, -0.2) is 13.2 Å². The first-order valence-electron chi connectivity index (χ1n) is 5.76. The standard InChI is InChI=1S/C13H18F3N/c1-4-9(2)7-17(3)8-10-5-12(15)13(16)6-11(10)14/h5-6,9H,4,7-8H2,1-3H3/t9-/m1/s1. The molecule has 0 heterocycles. The monoisotopic (exact) mass is 245 g/mol. The summed E-state index contributed by atoms with van der Waals surface area (Å²) in [7, 11) is 1.84. The van der Waals surface area contributed by atoms with E-state index >= 15 is 0 Å². The normalized spacial score (nSPS) is 13.1. The molecule has 0 aliphatic heterocycles. The van der Waals surface area contributed by atoms with Crippen LogP contribution in [0.3, 0.4) is 0 Å². The second-order valence-electron chi connectivity index (χ2n) is 4.57. The van der Waals surface area contributed by atoms with Crippen molar-refractivity contribution < 1.29 is 13.2 Å². The first-order chi connectivity index (χ1) is 7.93. The van der Waals surface area contributed by atoms with Gasteiger partial charge in [-0.15, -0.1) is 0 Å². The van der Waals surface area contributed by atoms with Crippen molar-refractivity contribution in [2.24, 2.45) is 5.92 Å². The van der Waals surface area contributed by atoms with Crippen LogP contribution in [-0.2, 0) is 6.54 Å². The molecule has 0 radical (unpaired) electrons. The van der Waals surface area contributed by atoms with Crippen LogP contribution in [0.2, 0.25) is 0 Å². The molecule has 0 aliphatic rings. The Hall–Kier alpha value is -1.03. The average molecular weight is 245 g/mol. The third-order valence-electron chi connectivity index (χ3n) is 2.85. The molecule has 0 saturated heterocycles. The fraction of sp³-hybridized carbons (Fsp3) is 0.538. The Morgan fingerprint density at radius 1 is 1.12 bits per heavy atom. The average Bonchev–Trinajstić information content (AvgIpc) is 2.25. The molecule has 4 heteroatoms. The van der Waals surface area contributed by atoms with Gasteiger partial charge >= 0.3 is 0 Å². The van der Waals surface area contributed by atoms with E-state index in [1.54, 1.807) is 0 Å². The molecule has 0 spiro atoms. The van der Waals surface area contributed by atoms with Gasteiger partial charge in [0.15, 0.2) is 11.6 Å². The number of benzene rings is 1. The summed E-state index contributed by atoms with van der Waals surface area (Å²) in [4.78, 5) is 1.91. The third kappa shape index (κ3) is 4.04. The number of hydrogen-bond donors (Lipinski definition) is 0. The van der Waals surface area contributed by atoms with E-state index in [9.17, 15) is 13.2 Å². The predicted molar refractivity (Wildman–Crippen MR) is 62.1 cm³/mol. The van der Waals surface area contributed by atoms with Crippen LogP contribution < -0.4 is 0 Å². The van der Waals surface area contributed by atoms with Crippen LogP contribution in [-0.4, -0.2) is 18.5 Å². The predicted octanol–water partition coefficient (Wildman–Crippen LogP) is 3.58. The molecule has 0 fully saturated rings. The maximum absolute atomic E-state index is 13.4. The van der Waals surface area contributed by atoms with E-state index in [0.717, 1.165) is 19.0 Å². The Morgan fingerprint density at radius 2 is 1.71 bits per heavy atom. The lowest BCUT2D eigenvalue weighted by molar-refractivity contribution is 0.271. The van der Waals surface area contributed by atoms with Crippen LogP contribution in [0, 0.1) is 23.4 Å². The first-order valence-corrected chi connectivity index (χ1v) is 5.76. The zero-order valence-corrected chi connectivity index (χ0v) is 10.4. The highest BCUT2D eigenvalue weighted by Crippen LogP contribution is 2.16. The molecular formula is C13H18F3N. The number of hydrogen-bond acceptors (Lipinski definition) is 1. The lowest BCUT2D eigenvalue weighted by Gasteiger charge is -2.20. The number of nitrogens with zero attached hydrogens (tertiary/aromatic N) is 1. The van der Waals surface area contributed by atoms with Gasteiger partial charge in [0.05, 0.1) is 0 Å². The van der Waals surface area contributed by atoms with E-state index in [2.05, 4.69) is 13.8 Å². The Morgan fingerprint density at radius 3 is 2.29 bits per heavy atom. The molecular weight excluding hydrogens is 227 g/mol. The molecule has 0 aliphatic carbocycles. The summed E-state index contributed by atoms with van der Waals surface area (Å²) in [6, 6.07) is 1.53. The van der Waals surface area contributed by atoms with Gasteiger partial charge in [-0.2, -0.15) is 0 Å². The van der Waals surface area contributed by atoms with Crippen LogP contribution >= 0.6 is 0 Å². The first kappa shape index (κ1) is 14.0. The molecule has 96 valence electrons. The Balaban J connectivity index is 2.71. The molecule has 0 aromatic heterocycles. The molecule has 1 aromatic carbocycles. The topological polar surface area (TPSA) is 3.24 Å². The molecule has 0 N–H and O–H groups in total. The summed E-state index contributed by atoms with van der Waals surface area (Å²) < 4.78 is 39.1. The van der Waals surface area contributed by atoms with Crippen LogP contribution in [0.5, 0.6) is 0 Å². The lowest BCUT2D eigenvalue weighted by atomic mass is 10.1. The summed E-state index contributed by atoms with van der Waals surface area (Å²) in [5.41, 5.74) is 0.190. The van der Waals surface area contributed by atoms with Gasteiger partial charge in [-0.1, -0.05) is 20.3 Å². The molecule has 1 atom stereocenters. The zero-order valence-electron chi connectivity index (χ0n) is 10.4. The van der Waals surface area contributed by atoms with Crippen molar-refractivity contribution in [2.45, 2.75) is 26.8 Å². The van der Waals surface area contributed by atoms with E-state index < -0.39 is 17.5 Å². The number of rotatable bonds is 5. The number of halogens is 3. The lowest BCUT2D eigenvalue weighted by Crippen LogP contribution is -2.24. The van der Waals surface area contributed by atoms with Crippen LogP contribution in [0.25, 0.3) is 0 Å². The Bertz CT molecular complexity index is 379. The van der Waals surface area contributed by atoms with Gasteiger partial charge in [-0.3, -0.25) is 0 Å².